The number of piperidine rings is 1. The molecule has 1 saturated carbocycles. The van der Waals surface area contributed by atoms with Gasteiger partial charge < -0.3 is 10.6 Å². The third-order valence-corrected chi connectivity index (χ3v) is 5.93. The summed E-state index contributed by atoms with van der Waals surface area (Å²) >= 11 is 0. The first kappa shape index (κ1) is 14.8. The summed E-state index contributed by atoms with van der Waals surface area (Å²) in [6.07, 6.45) is 2.78. The van der Waals surface area contributed by atoms with E-state index in [1.165, 1.54) is 0 Å². The Balaban J connectivity index is 1.89. The number of anilines is 1. The predicted molar refractivity (Wildman–Crippen MR) is 83.8 cm³/mol. The first-order chi connectivity index (χ1) is 9.97. The molecule has 1 aliphatic heterocycles. The molecule has 5 nitrogen and oxygen atoms in total. The van der Waals surface area contributed by atoms with Gasteiger partial charge in [0, 0.05) is 25.2 Å². The van der Waals surface area contributed by atoms with E-state index in [9.17, 15) is 8.42 Å². The highest BCUT2D eigenvalue weighted by Crippen LogP contribution is 2.30. The summed E-state index contributed by atoms with van der Waals surface area (Å²) < 4.78 is 27.8. The molecule has 0 aromatic heterocycles. The molecule has 2 fully saturated rings. The summed E-state index contributed by atoms with van der Waals surface area (Å²) in [7, 11) is -3.43. The highest BCUT2D eigenvalue weighted by atomic mass is 32.2. The summed E-state index contributed by atoms with van der Waals surface area (Å²) in [6.45, 7) is 3.73. The van der Waals surface area contributed by atoms with Crippen molar-refractivity contribution in [3.05, 3.63) is 24.3 Å². The van der Waals surface area contributed by atoms with Crippen molar-refractivity contribution in [1.29, 1.82) is 0 Å². The Morgan fingerprint density at radius 3 is 2.62 bits per heavy atom. The monoisotopic (exact) mass is 309 g/mol. The molecule has 1 aliphatic carbocycles. The van der Waals surface area contributed by atoms with Crippen molar-refractivity contribution >= 4 is 15.7 Å². The lowest BCUT2D eigenvalue weighted by Gasteiger charge is -2.37. The maximum absolute atomic E-state index is 12.5. The molecular formula is C15H23N3O2S. The van der Waals surface area contributed by atoms with Gasteiger partial charge in [-0.15, -0.1) is 0 Å². The normalized spacial score (nSPS) is 26.9. The maximum Gasteiger partial charge on any atom is 0.242 e. The minimum absolute atomic E-state index is 0.122. The first-order valence-corrected chi connectivity index (χ1v) is 9.07. The van der Waals surface area contributed by atoms with Crippen LogP contribution in [0.25, 0.3) is 0 Å². The molecule has 3 rings (SSSR count). The average molecular weight is 309 g/mol. The Morgan fingerprint density at radius 1 is 1.24 bits per heavy atom. The van der Waals surface area contributed by atoms with Gasteiger partial charge >= 0.3 is 0 Å². The van der Waals surface area contributed by atoms with E-state index in [1.54, 1.807) is 12.1 Å². The lowest BCUT2D eigenvalue weighted by atomic mass is 9.94. The van der Waals surface area contributed by atoms with E-state index in [2.05, 4.69) is 16.5 Å². The molecule has 1 heterocycles. The number of rotatable bonds is 4. The van der Waals surface area contributed by atoms with Gasteiger partial charge in [0.25, 0.3) is 0 Å². The average Bonchev–Trinajstić information content (AvgIpc) is 3.25. The Morgan fingerprint density at radius 2 is 1.95 bits per heavy atom. The van der Waals surface area contributed by atoms with E-state index in [-0.39, 0.29) is 12.1 Å². The number of nitrogens with two attached hydrogens (primary N) is 1. The Bertz CT molecular complexity index is 613. The number of hydrogen-bond acceptors (Lipinski definition) is 4. The molecule has 0 bridgehead atoms. The maximum atomic E-state index is 12.5. The molecule has 116 valence electrons. The molecule has 0 spiro atoms. The molecule has 1 aromatic carbocycles. The van der Waals surface area contributed by atoms with E-state index in [0.29, 0.717) is 10.8 Å². The molecular weight excluding hydrogens is 286 g/mol. The fourth-order valence-electron chi connectivity index (χ4n) is 2.81. The van der Waals surface area contributed by atoms with E-state index in [4.69, 9.17) is 5.73 Å². The summed E-state index contributed by atoms with van der Waals surface area (Å²) in [6, 6.07) is 7.59. The number of nitrogens with zero attached hydrogens (tertiary/aromatic N) is 1. The van der Waals surface area contributed by atoms with Crippen LogP contribution < -0.4 is 15.4 Å². The standard InChI is InChI=1S/C15H23N3O2S/c1-11-10-18(9-8-13(11)16)14-4-2-3-5-15(14)21(19,20)17-12-6-7-12/h2-5,11-13,17H,6-10,16H2,1H3. The lowest BCUT2D eigenvalue weighted by Crippen LogP contribution is -2.46. The summed E-state index contributed by atoms with van der Waals surface area (Å²) in [4.78, 5) is 2.54. The predicted octanol–water partition coefficient (Wildman–Crippen LogP) is 1.30. The van der Waals surface area contributed by atoms with Gasteiger partial charge in [-0.1, -0.05) is 19.1 Å². The number of benzene rings is 1. The molecule has 2 unspecified atom stereocenters. The third kappa shape index (κ3) is 3.22. The highest BCUT2D eigenvalue weighted by molar-refractivity contribution is 7.89. The van der Waals surface area contributed by atoms with E-state index >= 15 is 0 Å². The zero-order chi connectivity index (χ0) is 15.0. The van der Waals surface area contributed by atoms with Gasteiger partial charge in [-0.25, -0.2) is 13.1 Å². The zero-order valence-electron chi connectivity index (χ0n) is 12.3. The number of hydrogen-bond donors (Lipinski definition) is 2. The summed E-state index contributed by atoms with van der Waals surface area (Å²) in [5.74, 6) is 0.367. The molecule has 2 atom stereocenters. The summed E-state index contributed by atoms with van der Waals surface area (Å²) in [5, 5.41) is 0. The van der Waals surface area contributed by atoms with Gasteiger partial charge in [-0.05, 0) is 37.3 Å². The van der Waals surface area contributed by atoms with Crippen molar-refractivity contribution in [1.82, 2.24) is 4.72 Å². The lowest BCUT2D eigenvalue weighted by molar-refractivity contribution is 0.382. The fraction of sp³-hybridized carbons (Fsp3) is 0.600. The van der Waals surface area contributed by atoms with E-state index in [1.807, 2.05) is 12.1 Å². The van der Waals surface area contributed by atoms with Crippen molar-refractivity contribution in [2.45, 2.75) is 43.2 Å². The minimum atomic E-state index is -3.43. The van der Waals surface area contributed by atoms with Gasteiger partial charge in [0.2, 0.25) is 10.0 Å². The van der Waals surface area contributed by atoms with E-state index in [0.717, 1.165) is 38.0 Å². The Hall–Kier alpha value is -1.11. The molecule has 0 radical (unpaired) electrons. The van der Waals surface area contributed by atoms with Gasteiger partial charge in [-0.2, -0.15) is 0 Å². The number of para-hydroxylation sites is 1. The van der Waals surface area contributed by atoms with Crippen LogP contribution >= 0.6 is 0 Å². The Kier molecular flexibility index (Phi) is 3.94. The van der Waals surface area contributed by atoms with Crippen LogP contribution in [0.5, 0.6) is 0 Å². The van der Waals surface area contributed by atoms with Crippen molar-refractivity contribution in [2.24, 2.45) is 11.7 Å². The topological polar surface area (TPSA) is 75.4 Å². The smallest absolute Gasteiger partial charge is 0.242 e. The van der Waals surface area contributed by atoms with Crippen LogP contribution in [0, 0.1) is 5.92 Å². The van der Waals surface area contributed by atoms with Crippen molar-refractivity contribution in [2.75, 3.05) is 18.0 Å². The molecule has 6 heteroatoms. The third-order valence-electron chi connectivity index (χ3n) is 4.37. The quantitative estimate of drug-likeness (QED) is 0.879. The Labute approximate surface area is 126 Å². The summed E-state index contributed by atoms with van der Waals surface area (Å²) in [5.41, 5.74) is 6.86. The van der Waals surface area contributed by atoms with Crippen molar-refractivity contribution in [3.8, 4) is 0 Å². The van der Waals surface area contributed by atoms with Gasteiger partial charge in [0.15, 0.2) is 0 Å². The largest absolute Gasteiger partial charge is 0.370 e. The molecule has 1 aromatic rings. The van der Waals surface area contributed by atoms with Crippen LogP contribution in [0.2, 0.25) is 0 Å². The fourth-order valence-corrected chi connectivity index (χ4v) is 4.34. The van der Waals surface area contributed by atoms with E-state index < -0.39 is 10.0 Å². The second-order valence-corrected chi connectivity index (χ2v) is 7.92. The number of sulfonamides is 1. The molecule has 0 amide bonds. The van der Waals surface area contributed by atoms with Crippen LogP contribution in [0.1, 0.15) is 26.2 Å². The van der Waals surface area contributed by atoms with Gasteiger partial charge in [-0.3, -0.25) is 0 Å². The molecule has 2 aliphatic rings. The van der Waals surface area contributed by atoms with Gasteiger partial charge in [0.05, 0.1) is 5.69 Å². The van der Waals surface area contributed by atoms with Crippen LogP contribution in [-0.2, 0) is 10.0 Å². The highest BCUT2D eigenvalue weighted by Gasteiger charge is 2.31. The second kappa shape index (κ2) is 5.59. The first-order valence-electron chi connectivity index (χ1n) is 7.59. The van der Waals surface area contributed by atoms with Crippen LogP contribution in [-0.4, -0.2) is 33.6 Å². The molecule has 3 N–H and O–H groups in total. The van der Waals surface area contributed by atoms with Crippen LogP contribution in [0.4, 0.5) is 5.69 Å². The van der Waals surface area contributed by atoms with Crippen molar-refractivity contribution in [3.63, 3.8) is 0 Å². The molecule has 21 heavy (non-hydrogen) atoms. The SMILES string of the molecule is CC1CN(c2ccccc2S(=O)(=O)NC2CC2)CCC1N. The molecule has 1 saturated heterocycles. The second-order valence-electron chi connectivity index (χ2n) is 6.24. The van der Waals surface area contributed by atoms with Crippen LogP contribution in [0.15, 0.2) is 29.2 Å². The minimum Gasteiger partial charge on any atom is -0.370 e. The zero-order valence-corrected chi connectivity index (χ0v) is 13.1. The van der Waals surface area contributed by atoms with Crippen molar-refractivity contribution < 1.29 is 8.42 Å². The number of nitrogens with one attached hydrogen (secondary N) is 1. The van der Waals surface area contributed by atoms with Gasteiger partial charge in [0.1, 0.15) is 4.90 Å². The van der Waals surface area contributed by atoms with Crippen LogP contribution in [0.3, 0.4) is 0 Å².